The minimum absolute atomic E-state index is 0.0609. The van der Waals surface area contributed by atoms with Crippen LogP contribution < -0.4 is 22.1 Å². The molecule has 0 spiro atoms. The zero-order chi connectivity index (χ0) is 11.4. The molecule has 0 aliphatic heterocycles. The van der Waals surface area contributed by atoms with Gasteiger partial charge in [0.05, 0.1) is 12.3 Å². The minimum atomic E-state index is -0.0609. The molecule has 15 heavy (non-hydrogen) atoms. The molecule has 0 aromatic heterocycles. The van der Waals surface area contributed by atoms with E-state index in [4.69, 9.17) is 11.5 Å². The number of hydrogen-bond donors (Lipinski definition) is 4. The lowest BCUT2D eigenvalue weighted by Gasteiger charge is -2.18. The molecule has 1 rings (SSSR count). The number of nitrogens with one attached hydrogen (secondary N) is 2. The minimum Gasteiger partial charge on any atom is -0.370 e. The van der Waals surface area contributed by atoms with Crippen LogP contribution in [0.5, 0.6) is 0 Å². The molecule has 0 aliphatic rings. The highest BCUT2D eigenvalue weighted by Gasteiger charge is 2.05. The van der Waals surface area contributed by atoms with Crippen LogP contribution in [-0.2, 0) is 0 Å². The molecule has 0 aliphatic carbocycles. The average Bonchev–Trinajstić information content (AvgIpc) is 2.10. The fourth-order valence-electron chi connectivity index (χ4n) is 1.44. The van der Waals surface area contributed by atoms with E-state index in [1.165, 1.54) is 0 Å². The summed E-state index contributed by atoms with van der Waals surface area (Å²) in [5.74, 6) is 0. The number of anilines is 2. The lowest BCUT2D eigenvalue weighted by molar-refractivity contribution is 0.843. The van der Waals surface area contributed by atoms with E-state index in [-0.39, 0.29) is 12.3 Å². The van der Waals surface area contributed by atoms with Crippen LogP contribution in [0.1, 0.15) is 19.4 Å². The van der Waals surface area contributed by atoms with Gasteiger partial charge in [0.1, 0.15) is 0 Å². The second kappa shape index (κ2) is 5.00. The lowest BCUT2D eigenvalue weighted by Crippen LogP contribution is -2.27. The molecule has 0 saturated heterocycles. The highest BCUT2D eigenvalue weighted by atomic mass is 15.0. The molecule has 0 amide bonds. The first-order valence-electron chi connectivity index (χ1n) is 5.14. The van der Waals surface area contributed by atoms with E-state index in [0.717, 1.165) is 16.9 Å². The molecular weight excluding hydrogens is 188 g/mol. The van der Waals surface area contributed by atoms with E-state index < -0.39 is 0 Å². The third-order valence-electron chi connectivity index (χ3n) is 2.10. The zero-order valence-corrected chi connectivity index (χ0v) is 9.54. The van der Waals surface area contributed by atoms with Crippen molar-refractivity contribution in [2.24, 2.45) is 11.5 Å². The Morgan fingerprint density at radius 1 is 1.00 bits per heavy atom. The quantitative estimate of drug-likeness (QED) is 0.565. The van der Waals surface area contributed by atoms with Crippen LogP contribution in [0.15, 0.2) is 18.2 Å². The highest BCUT2D eigenvalue weighted by Crippen LogP contribution is 2.23. The van der Waals surface area contributed by atoms with Gasteiger partial charge in [-0.1, -0.05) is 6.07 Å². The Kier molecular flexibility index (Phi) is 3.94. The van der Waals surface area contributed by atoms with E-state index in [9.17, 15) is 0 Å². The summed E-state index contributed by atoms with van der Waals surface area (Å²) in [7, 11) is 0. The van der Waals surface area contributed by atoms with Crippen molar-refractivity contribution in [1.82, 2.24) is 0 Å². The van der Waals surface area contributed by atoms with Crippen molar-refractivity contribution >= 4 is 11.4 Å². The first-order chi connectivity index (χ1) is 7.00. The smallest absolute Gasteiger partial charge is 0.0714 e. The Morgan fingerprint density at radius 2 is 1.40 bits per heavy atom. The summed E-state index contributed by atoms with van der Waals surface area (Å²) in [4.78, 5) is 0. The number of benzene rings is 1. The van der Waals surface area contributed by atoms with Crippen LogP contribution in [0.4, 0.5) is 11.4 Å². The van der Waals surface area contributed by atoms with Gasteiger partial charge in [0.25, 0.3) is 0 Å². The maximum atomic E-state index is 5.69. The van der Waals surface area contributed by atoms with Crippen LogP contribution in [0, 0.1) is 6.92 Å². The van der Waals surface area contributed by atoms with E-state index in [0.29, 0.717) is 0 Å². The third-order valence-corrected chi connectivity index (χ3v) is 2.10. The molecule has 1 aromatic rings. The fourth-order valence-corrected chi connectivity index (χ4v) is 1.44. The maximum absolute atomic E-state index is 5.69. The molecule has 0 heterocycles. The van der Waals surface area contributed by atoms with Gasteiger partial charge in [-0.05, 0) is 38.5 Å². The van der Waals surface area contributed by atoms with Gasteiger partial charge in [0.15, 0.2) is 0 Å². The van der Waals surface area contributed by atoms with Gasteiger partial charge < -0.3 is 22.1 Å². The molecule has 0 fully saturated rings. The molecule has 2 unspecified atom stereocenters. The van der Waals surface area contributed by atoms with Crippen molar-refractivity contribution in [3.8, 4) is 0 Å². The Labute approximate surface area is 91.0 Å². The Morgan fingerprint density at radius 3 is 1.73 bits per heavy atom. The van der Waals surface area contributed by atoms with Gasteiger partial charge in [-0.15, -0.1) is 0 Å². The molecule has 4 nitrogen and oxygen atoms in total. The van der Waals surface area contributed by atoms with Crippen molar-refractivity contribution in [3.63, 3.8) is 0 Å². The maximum Gasteiger partial charge on any atom is 0.0714 e. The van der Waals surface area contributed by atoms with Crippen LogP contribution in [-0.4, -0.2) is 12.3 Å². The Hall–Kier alpha value is -1.26. The predicted octanol–water partition coefficient (Wildman–Crippen LogP) is 1.43. The Bertz CT molecular complexity index is 292. The normalized spacial score (nSPS) is 14.5. The lowest BCUT2D eigenvalue weighted by atomic mass is 10.1. The molecule has 1 aromatic carbocycles. The van der Waals surface area contributed by atoms with Crippen LogP contribution in [0.25, 0.3) is 0 Å². The van der Waals surface area contributed by atoms with Gasteiger partial charge in [0.2, 0.25) is 0 Å². The zero-order valence-electron chi connectivity index (χ0n) is 9.54. The number of rotatable bonds is 4. The summed E-state index contributed by atoms with van der Waals surface area (Å²) in [6.07, 6.45) is -0.122. The van der Waals surface area contributed by atoms with Gasteiger partial charge >= 0.3 is 0 Å². The molecule has 4 heteroatoms. The van der Waals surface area contributed by atoms with Crippen molar-refractivity contribution in [2.45, 2.75) is 33.1 Å². The first-order valence-corrected chi connectivity index (χ1v) is 5.14. The van der Waals surface area contributed by atoms with Crippen molar-refractivity contribution in [3.05, 3.63) is 23.8 Å². The number of nitrogens with two attached hydrogens (primary N) is 2. The molecule has 0 saturated carbocycles. The summed E-state index contributed by atoms with van der Waals surface area (Å²) in [6.45, 7) is 5.85. The van der Waals surface area contributed by atoms with Crippen molar-refractivity contribution < 1.29 is 0 Å². The molecule has 6 N–H and O–H groups in total. The Balaban J connectivity index is 2.90. The van der Waals surface area contributed by atoms with E-state index in [1.807, 2.05) is 39.0 Å². The van der Waals surface area contributed by atoms with E-state index in [2.05, 4.69) is 10.6 Å². The van der Waals surface area contributed by atoms with Crippen LogP contribution >= 0.6 is 0 Å². The molecule has 0 radical (unpaired) electrons. The van der Waals surface area contributed by atoms with Crippen LogP contribution in [0.3, 0.4) is 0 Å². The summed E-state index contributed by atoms with van der Waals surface area (Å²) in [6, 6.07) is 5.98. The summed E-state index contributed by atoms with van der Waals surface area (Å²) >= 11 is 0. The first kappa shape index (κ1) is 11.8. The van der Waals surface area contributed by atoms with Gasteiger partial charge in [-0.3, -0.25) is 0 Å². The summed E-state index contributed by atoms with van der Waals surface area (Å²) in [5, 5.41) is 6.37. The largest absolute Gasteiger partial charge is 0.370 e. The highest BCUT2D eigenvalue weighted by molar-refractivity contribution is 5.65. The van der Waals surface area contributed by atoms with Crippen LogP contribution in [0.2, 0.25) is 0 Å². The SMILES string of the molecule is Cc1c(NC(C)N)cccc1NC(C)N. The summed E-state index contributed by atoms with van der Waals surface area (Å²) < 4.78 is 0. The topological polar surface area (TPSA) is 76.1 Å². The molecule has 84 valence electrons. The third kappa shape index (κ3) is 3.42. The summed E-state index contributed by atoms with van der Waals surface area (Å²) in [5.41, 5.74) is 14.6. The van der Waals surface area contributed by atoms with Crippen molar-refractivity contribution in [1.29, 1.82) is 0 Å². The molecule has 2 atom stereocenters. The van der Waals surface area contributed by atoms with Gasteiger partial charge in [-0.2, -0.15) is 0 Å². The molecule has 0 bridgehead atoms. The van der Waals surface area contributed by atoms with E-state index in [1.54, 1.807) is 0 Å². The second-order valence-corrected chi connectivity index (χ2v) is 3.84. The van der Waals surface area contributed by atoms with Gasteiger partial charge in [0, 0.05) is 11.4 Å². The number of hydrogen-bond acceptors (Lipinski definition) is 4. The van der Waals surface area contributed by atoms with Gasteiger partial charge in [-0.25, -0.2) is 0 Å². The standard InChI is InChI=1S/C11H20N4/c1-7-10(14-8(2)12)5-4-6-11(7)15-9(3)13/h4-6,8-9,14-15H,12-13H2,1-3H3. The molecular formula is C11H20N4. The monoisotopic (exact) mass is 208 g/mol. The fraction of sp³-hybridized carbons (Fsp3) is 0.455. The van der Waals surface area contributed by atoms with E-state index >= 15 is 0 Å². The average molecular weight is 208 g/mol. The van der Waals surface area contributed by atoms with Crippen molar-refractivity contribution in [2.75, 3.05) is 10.6 Å². The second-order valence-electron chi connectivity index (χ2n) is 3.84. The predicted molar refractivity (Wildman–Crippen MR) is 65.7 cm³/mol.